The number of rotatable bonds is 0. The van der Waals surface area contributed by atoms with E-state index in [1.165, 1.54) is 0 Å². The van der Waals surface area contributed by atoms with E-state index in [1.807, 2.05) is 0 Å². The van der Waals surface area contributed by atoms with Crippen molar-refractivity contribution in [2.75, 3.05) is 0 Å². The zero-order valence-corrected chi connectivity index (χ0v) is 4.45. The molecule has 0 amide bonds. The van der Waals surface area contributed by atoms with Gasteiger partial charge in [-0.05, 0) is 0 Å². The molecule has 0 saturated heterocycles. The van der Waals surface area contributed by atoms with Crippen LogP contribution in [0.2, 0.25) is 0 Å². The van der Waals surface area contributed by atoms with Crippen LogP contribution in [-0.2, 0) is 19.5 Å². The Bertz CT molecular complexity index is 11.6. The molecule has 0 N–H and O–H groups in total. The molecular weight excluding hydrogens is 191 g/mol. The molecule has 0 unspecified atom stereocenters. The van der Waals surface area contributed by atoms with Gasteiger partial charge in [-0.15, -0.1) is 0 Å². The maximum absolute atomic E-state index is 9.73. The van der Waals surface area contributed by atoms with Gasteiger partial charge in [-0.1, -0.05) is 0 Å². The van der Waals surface area contributed by atoms with Crippen LogP contribution in [-0.4, -0.2) is 0 Å². The standard InChI is InChI=1S/F3P.Rh/c1-4(2)3;. The molecule has 5 heavy (non-hydrogen) atoms. The topological polar surface area (TPSA) is 0 Å². The largest absolute Gasteiger partial charge is 0.456 e. The van der Waals surface area contributed by atoms with Gasteiger partial charge in [0.25, 0.3) is 0 Å². The Hall–Kier alpha value is 0.843. The van der Waals surface area contributed by atoms with Gasteiger partial charge in [-0.3, -0.25) is 0 Å². The van der Waals surface area contributed by atoms with Crippen LogP contribution in [0.1, 0.15) is 0 Å². The Morgan fingerprint density at radius 2 is 1.00 bits per heavy atom. The van der Waals surface area contributed by atoms with Crippen LogP contribution in [0.4, 0.5) is 12.6 Å². The Labute approximate surface area is 41.6 Å². The van der Waals surface area contributed by atoms with Crippen molar-refractivity contribution in [2.24, 2.45) is 0 Å². The van der Waals surface area contributed by atoms with E-state index in [-0.39, 0.29) is 19.5 Å². The summed E-state index contributed by atoms with van der Waals surface area (Å²) in [6.45, 7) is 0. The summed E-state index contributed by atoms with van der Waals surface area (Å²) >= 11 is 0. The third-order valence-corrected chi connectivity index (χ3v) is 0. The minimum Gasteiger partial charge on any atom is -0.152 e. The molecular formula is F3PRh. The average molecular weight is 191 g/mol. The molecule has 5 heteroatoms. The predicted molar refractivity (Wildman–Crippen MR) is 10.2 cm³/mol. The van der Waals surface area contributed by atoms with Gasteiger partial charge in [0.2, 0.25) is 0 Å². The minimum absolute atomic E-state index is 0. The number of hydrogen-bond acceptors (Lipinski definition) is 0. The second-order valence-corrected chi connectivity index (χ2v) is 0.575. The van der Waals surface area contributed by atoms with Crippen molar-refractivity contribution >= 4 is 8.85 Å². The fourth-order valence-corrected chi connectivity index (χ4v) is 0. The molecule has 0 nitrogen and oxygen atoms in total. The minimum atomic E-state index is -4.12. The quantitative estimate of drug-likeness (QED) is 0.406. The first kappa shape index (κ1) is 9.28. The molecule has 0 saturated carbocycles. The molecule has 0 aliphatic carbocycles. The maximum atomic E-state index is 9.73. The number of halogens is 3. The first-order valence-corrected chi connectivity index (χ1v) is 1.52. The third kappa shape index (κ3) is 55.1. The second-order valence-electron chi connectivity index (χ2n) is 0.192. The van der Waals surface area contributed by atoms with E-state index in [1.54, 1.807) is 0 Å². The average Bonchev–Trinajstić information content (AvgIpc) is 0.811. The van der Waals surface area contributed by atoms with Crippen molar-refractivity contribution in [3.63, 3.8) is 0 Å². The summed E-state index contributed by atoms with van der Waals surface area (Å²) in [5, 5.41) is 0. The summed E-state index contributed by atoms with van der Waals surface area (Å²) in [6.07, 6.45) is 0. The molecule has 0 aromatic heterocycles. The van der Waals surface area contributed by atoms with E-state index in [9.17, 15) is 12.6 Å². The van der Waals surface area contributed by atoms with Gasteiger partial charge < -0.3 is 0 Å². The summed E-state index contributed by atoms with van der Waals surface area (Å²) in [5.74, 6) is 0. The van der Waals surface area contributed by atoms with E-state index >= 15 is 0 Å². The fourth-order valence-electron chi connectivity index (χ4n) is 0. The van der Waals surface area contributed by atoms with Crippen LogP contribution >= 0.6 is 8.85 Å². The smallest absolute Gasteiger partial charge is 0.152 e. The second kappa shape index (κ2) is 4.84. The van der Waals surface area contributed by atoms with Gasteiger partial charge in [-0.2, -0.15) is 12.6 Å². The Morgan fingerprint density at radius 1 is 1.00 bits per heavy atom. The Kier molecular flexibility index (Phi) is 8.99. The molecule has 0 heterocycles. The number of hydrogen-bond donors (Lipinski definition) is 0. The van der Waals surface area contributed by atoms with E-state index in [0.29, 0.717) is 0 Å². The van der Waals surface area contributed by atoms with Crippen LogP contribution in [0.15, 0.2) is 0 Å². The monoisotopic (exact) mass is 191 g/mol. The normalized spacial score (nSPS) is 7.20. The van der Waals surface area contributed by atoms with Crippen molar-refractivity contribution < 1.29 is 32.1 Å². The van der Waals surface area contributed by atoms with Crippen molar-refractivity contribution in [3.8, 4) is 0 Å². The van der Waals surface area contributed by atoms with Crippen LogP contribution in [0.5, 0.6) is 0 Å². The fraction of sp³-hybridized carbons (Fsp3) is 0. The summed E-state index contributed by atoms with van der Waals surface area (Å²) in [7, 11) is -4.12. The van der Waals surface area contributed by atoms with Gasteiger partial charge in [0.15, 0.2) is 0 Å². The van der Waals surface area contributed by atoms with E-state index < -0.39 is 8.85 Å². The summed E-state index contributed by atoms with van der Waals surface area (Å²) < 4.78 is 29.2. The molecule has 0 aromatic rings. The van der Waals surface area contributed by atoms with E-state index in [4.69, 9.17) is 0 Å². The van der Waals surface area contributed by atoms with Gasteiger partial charge in [-0.25, -0.2) is 0 Å². The predicted octanol–water partition coefficient (Wildman–Crippen LogP) is 2.12. The van der Waals surface area contributed by atoms with Gasteiger partial charge >= 0.3 is 8.85 Å². The van der Waals surface area contributed by atoms with E-state index in [2.05, 4.69) is 0 Å². The first-order valence-electron chi connectivity index (χ1n) is 0.507. The zero-order valence-electron chi connectivity index (χ0n) is 1.91. The van der Waals surface area contributed by atoms with Crippen LogP contribution in [0.3, 0.4) is 0 Å². The van der Waals surface area contributed by atoms with Gasteiger partial charge in [0.1, 0.15) is 0 Å². The molecule has 35 valence electrons. The van der Waals surface area contributed by atoms with Crippen molar-refractivity contribution in [3.05, 3.63) is 0 Å². The molecule has 1 radical (unpaired) electrons. The summed E-state index contributed by atoms with van der Waals surface area (Å²) in [6, 6.07) is 0. The third-order valence-electron chi connectivity index (χ3n) is 0. The molecule has 0 atom stereocenters. The van der Waals surface area contributed by atoms with E-state index in [0.717, 1.165) is 0 Å². The molecule has 0 spiro atoms. The van der Waals surface area contributed by atoms with Crippen LogP contribution < -0.4 is 0 Å². The maximum Gasteiger partial charge on any atom is 0.456 e. The van der Waals surface area contributed by atoms with Gasteiger partial charge in [0.05, 0.1) is 0 Å². The molecule has 0 aromatic carbocycles. The molecule has 0 aliphatic rings. The summed E-state index contributed by atoms with van der Waals surface area (Å²) in [4.78, 5) is 0. The van der Waals surface area contributed by atoms with Crippen LogP contribution in [0.25, 0.3) is 0 Å². The Balaban J connectivity index is 0. The molecule has 0 aliphatic heterocycles. The Morgan fingerprint density at radius 3 is 1.00 bits per heavy atom. The van der Waals surface area contributed by atoms with Crippen molar-refractivity contribution in [1.82, 2.24) is 0 Å². The summed E-state index contributed by atoms with van der Waals surface area (Å²) in [5.41, 5.74) is 0. The zero-order chi connectivity index (χ0) is 3.58. The van der Waals surface area contributed by atoms with Gasteiger partial charge in [0, 0.05) is 19.5 Å². The van der Waals surface area contributed by atoms with Crippen molar-refractivity contribution in [2.45, 2.75) is 0 Å². The molecule has 0 rings (SSSR count). The molecule has 0 bridgehead atoms. The van der Waals surface area contributed by atoms with Crippen LogP contribution in [0, 0.1) is 0 Å². The first-order chi connectivity index (χ1) is 1.73. The van der Waals surface area contributed by atoms with Crippen molar-refractivity contribution in [1.29, 1.82) is 0 Å². The SMILES string of the molecule is FP(F)F.[Rh]. The molecule has 0 fully saturated rings.